The molecule has 0 bridgehead atoms. The Morgan fingerprint density at radius 2 is 1.65 bits per heavy atom. The molecule has 0 spiro atoms. The molecule has 176 valence electrons. The number of nitrogen functional groups attached to an aromatic ring is 1. The zero-order chi connectivity index (χ0) is 24.9. The molecule has 0 unspecified atom stereocenters. The minimum Gasteiger partial charge on any atom is -0.384 e. The molecule has 0 aliphatic heterocycles. The Kier molecular flexibility index (Phi) is 7.44. The third-order valence-electron chi connectivity index (χ3n) is 5.01. The number of sulfonamides is 1. The van der Waals surface area contributed by atoms with Gasteiger partial charge in [0, 0.05) is 16.8 Å². The summed E-state index contributed by atoms with van der Waals surface area (Å²) < 4.78 is 26.1. The molecule has 10 heteroatoms. The number of amides is 2. The van der Waals surface area contributed by atoms with Crippen LogP contribution in [0.2, 0.25) is 0 Å². The van der Waals surface area contributed by atoms with E-state index in [1.165, 1.54) is 0 Å². The van der Waals surface area contributed by atoms with Crippen molar-refractivity contribution in [3.63, 3.8) is 0 Å². The fraction of sp³-hybridized carbons (Fsp3) is 0.125. The normalized spacial score (nSPS) is 12.0. The highest BCUT2D eigenvalue weighted by atomic mass is 32.2. The van der Waals surface area contributed by atoms with Gasteiger partial charge < -0.3 is 16.8 Å². The maximum atomic E-state index is 12.9. The van der Waals surface area contributed by atoms with Crippen LogP contribution in [0.3, 0.4) is 0 Å². The number of hydrogen-bond donors (Lipinski definition) is 5. The van der Waals surface area contributed by atoms with E-state index in [0.29, 0.717) is 27.9 Å². The monoisotopic (exact) mass is 479 g/mol. The zero-order valence-electron chi connectivity index (χ0n) is 18.4. The first-order chi connectivity index (χ1) is 16.0. The Labute approximate surface area is 197 Å². The lowest BCUT2D eigenvalue weighted by Crippen LogP contribution is -2.44. The Morgan fingerprint density at radius 3 is 2.26 bits per heavy atom. The average Bonchev–Trinajstić information content (AvgIpc) is 2.78. The molecule has 0 aromatic heterocycles. The molecule has 0 radical (unpaired) electrons. The van der Waals surface area contributed by atoms with Crippen LogP contribution in [0.25, 0.3) is 11.1 Å². The van der Waals surface area contributed by atoms with Crippen molar-refractivity contribution in [1.29, 1.82) is 5.41 Å². The van der Waals surface area contributed by atoms with E-state index in [2.05, 4.69) is 10.0 Å². The van der Waals surface area contributed by atoms with E-state index in [0.717, 1.165) is 11.8 Å². The van der Waals surface area contributed by atoms with Crippen LogP contribution in [0.4, 0.5) is 5.69 Å². The molecule has 1 atom stereocenters. The van der Waals surface area contributed by atoms with Gasteiger partial charge >= 0.3 is 0 Å². The van der Waals surface area contributed by atoms with Crippen LogP contribution in [0, 0.1) is 5.41 Å². The molecule has 34 heavy (non-hydrogen) atoms. The van der Waals surface area contributed by atoms with Crippen LogP contribution >= 0.6 is 0 Å². The van der Waals surface area contributed by atoms with Crippen LogP contribution in [0.1, 0.15) is 21.5 Å². The van der Waals surface area contributed by atoms with Crippen molar-refractivity contribution in [1.82, 2.24) is 4.72 Å². The number of hydrogen-bond acceptors (Lipinski definition) is 5. The predicted molar refractivity (Wildman–Crippen MR) is 132 cm³/mol. The van der Waals surface area contributed by atoms with Gasteiger partial charge in [0.25, 0.3) is 0 Å². The first-order valence-corrected chi connectivity index (χ1v) is 12.1. The van der Waals surface area contributed by atoms with Gasteiger partial charge in [-0.2, -0.15) is 0 Å². The number of primary amides is 1. The van der Waals surface area contributed by atoms with Gasteiger partial charge in [0.15, 0.2) is 0 Å². The van der Waals surface area contributed by atoms with E-state index < -0.39 is 27.9 Å². The molecule has 9 nitrogen and oxygen atoms in total. The molecule has 0 fully saturated rings. The van der Waals surface area contributed by atoms with Gasteiger partial charge in [-0.1, -0.05) is 48.5 Å². The molecule has 3 aromatic carbocycles. The molecule has 0 aliphatic carbocycles. The van der Waals surface area contributed by atoms with Crippen molar-refractivity contribution >= 4 is 33.4 Å². The minimum absolute atomic E-state index is 0.0596. The molecule has 0 saturated carbocycles. The van der Waals surface area contributed by atoms with Gasteiger partial charge in [-0.3, -0.25) is 15.0 Å². The topological polar surface area (TPSA) is 168 Å². The molecular weight excluding hydrogens is 454 g/mol. The highest BCUT2D eigenvalue weighted by molar-refractivity contribution is 7.88. The van der Waals surface area contributed by atoms with Crippen molar-refractivity contribution in [3.8, 4) is 11.1 Å². The summed E-state index contributed by atoms with van der Waals surface area (Å²) in [7, 11) is -3.68. The molecule has 2 amide bonds. The molecule has 3 aromatic rings. The molecule has 7 N–H and O–H groups in total. The predicted octanol–water partition coefficient (Wildman–Crippen LogP) is 1.84. The minimum atomic E-state index is -3.68. The number of carbonyl (C=O) groups is 2. The largest absolute Gasteiger partial charge is 0.384 e. The third kappa shape index (κ3) is 6.50. The standard InChI is InChI=1S/C24H25N5O4S/c1-34(32,33)29-21(14-15-5-4-6-17(13-15)22(25)26)24(31)28-18-11-9-16(10-12-18)19-7-2-3-8-20(19)23(27)30/h2-13,21,29H,14H2,1H3,(H3,25,26)(H2,27,30)(H,28,31)/t21-/m0/s1. The van der Waals surface area contributed by atoms with Gasteiger partial charge in [0.05, 0.1) is 6.26 Å². The fourth-order valence-electron chi connectivity index (χ4n) is 3.46. The van der Waals surface area contributed by atoms with Gasteiger partial charge in [-0.15, -0.1) is 0 Å². The second kappa shape index (κ2) is 10.3. The van der Waals surface area contributed by atoms with Crippen molar-refractivity contribution < 1.29 is 18.0 Å². The van der Waals surface area contributed by atoms with Gasteiger partial charge in [0.2, 0.25) is 21.8 Å². The molecule has 0 heterocycles. The second-order valence-corrected chi connectivity index (χ2v) is 9.52. The quantitative estimate of drug-likeness (QED) is 0.233. The van der Waals surface area contributed by atoms with Crippen molar-refractivity contribution in [3.05, 3.63) is 89.5 Å². The fourth-order valence-corrected chi connectivity index (χ4v) is 4.17. The summed E-state index contributed by atoms with van der Waals surface area (Å²) in [5.41, 5.74) is 14.3. The van der Waals surface area contributed by atoms with E-state index in [1.807, 2.05) is 0 Å². The summed E-state index contributed by atoms with van der Waals surface area (Å²) >= 11 is 0. The number of carbonyl (C=O) groups excluding carboxylic acids is 2. The van der Waals surface area contributed by atoms with E-state index in [-0.39, 0.29) is 12.3 Å². The Balaban J connectivity index is 1.81. The Bertz CT molecular complexity index is 1340. The third-order valence-corrected chi connectivity index (χ3v) is 5.72. The molecule has 0 saturated heterocycles. The smallest absolute Gasteiger partial charge is 0.249 e. The average molecular weight is 480 g/mol. The summed E-state index contributed by atoms with van der Waals surface area (Å²) in [5.74, 6) is -1.22. The highest BCUT2D eigenvalue weighted by Crippen LogP contribution is 2.25. The maximum Gasteiger partial charge on any atom is 0.249 e. The van der Waals surface area contributed by atoms with Crippen molar-refractivity contribution in [2.24, 2.45) is 11.5 Å². The van der Waals surface area contributed by atoms with Crippen molar-refractivity contribution in [2.75, 3.05) is 11.6 Å². The zero-order valence-corrected chi connectivity index (χ0v) is 19.2. The van der Waals surface area contributed by atoms with E-state index in [4.69, 9.17) is 16.9 Å². The number of nitrogens with one attached hydrogen (secondary N) is 3. The number of anilines is 1. The van der Waals surface area contributed by atoms with E-state index in [1.54, 1.807) is 72.8 Å². The van der Waals surface area contributed by atoms with Crippen LogP contribution in [-0.2, 0) is 21.2 Å². The first-order valence-electron chi connectivity index (χ1n) is 10.2. The van der Waals surface area contributed by atoms with E-state index >= 15 is 0 Å². The molecule has 0 aliphatic rings. The first kappa shape index (κ1) is 24.6. The lowest BCUT2D eigenvalue weighted by Gasteiger charge is -2.18. The SMILES string of the molecule is CS(=O)(=O)N[C@@H](Cc1cccc(C(=N)N)c1)C(=O)Nc1ccc(-c2ccccc2C(N)=O)cc1. The van der Waals surface area contributed by atoms with Gasteiger partial charge in [0.1, 0.15) is 11.9 Å². The number of nitrogens with two attached hydrogens (primary N) is 2. The van der Waals surface area contributed by atoms with Crippen LogP contribution < -0.4 is 21.5 Å². The maximum absolute atomic E-state index is 12.9. The number of rotatable bonds is 9. The lowest BCUT2D eigenvalue weighted by molar-refractivity contribution is -0.117. The molecule has 3 rings (SSSR count). The lowest BCUT2D eigenvalue weighted by atomic mass is 9.99. The summed E-state index contributed by atoms with van der Waals surface area (Å²) in [6.07, 6.45) is 1.04. The molecular formula is C24H25N5O4S. The summed E-state index contributed by atoms with van der Waals surface area (Å²) in [6, 6.07) is 19.3. The Morgan fingerprint density at radius 1 is 0.971 bits per heavy atom. The van der Waals surface area contributed by atoms with E-state index in [9.17, 15) is 18.0 Å². The van der Waals surface area contributed by atoms with Gasteiger partial charge in [-0.05, 0) is 47.4 Å². The van der Waals surface area contributed by atoms with Crippen molar-refractivity contribution in [2.45, 2.75) is 12.5 Å². The van der Waals surface area contributed by atoms with Gasteiger partial charge in [-0.25, -0.2) is 13.1 Å². The summed E-state index contributed by atoms with van der Waals surface area (Å²) in [6.45, 7) is 0. The summed E-state index contributed by atoms with van der Waals surface area (Å²) in [4.78, 5) is 24.6. The van der Waals surface area contributed by atoms with Crippen LogP contribution in [0.5, 0.6) is 0 Å². The second-order valence-electron chi connectivity index (χ2n) is 7.74. The number of benzene rings is 3. The Hall–Kier alpha value is -4.02. The number of amidine groups is 1. The summed E-state index contributed by atoms with van der Waals surface area (Å²) in [5, 5.41) is 10.3. The van der Waals surface area contributed by atoms with Crippen LogP contribution in [-0.4, -0.2) is 38.4 Å². The highest BCUT2D eigenvalue weighted by Gasteiger charge is 2.23. The van der Waals surface area contributed by atoms with Crippen LogP contribution in [0.15, 0.2) is 72.8 Å².